The van der Waals surface area contributed by atoms with Crippen LogP contribution in [-0.4, -0.2) is 18.2 Å². The monoisotopic (exact) mass is 410 g/mol. The minimum absolute atomic E-state index is 0.0807. The van der Waals surface area contributed by atoms with Crippen LogP contribution in [0, 0.1) is 29.0 Å². The molecule has 0 heterocycles. The van der Waals surface area contributed by atoms with Gasteiger partial charge in [-0.15, -0.1) is 0 Å². The van der Waals surface area contributed by atoms with Gasteiger partial charge in [0.15, 0.2) is 0 Å². The third kappa shape index (κ3) is 5.20. The second-order valence-corrected chi connectivity index (χ2v) is 10.7. The fourth-order valence-corrected chi connectivity index (χ4v) is 5.43. The van der Waals surface area contributed by atoms with Crippen LogP contribution in [0.1, 0.15) is 77.1 Å². The van der Waals surface area contributed by atoms with E-state index >= 15 is 0 Å². The Morgan fingerprint density at radius 2 is 1.82 bits per heavy atom. The first kappa shape index (κ1) is 21.4. The first-order chi connectivity index (χ1) is 12.9. The van der Waals surface area contributed by atoms with Gasteiger partial charge < -0.3 is 9.47 Å². The summed E-state index contributed by atoms with van der Waals surface area (Å²) >= 11 is 6.30. The standard InChI is InChI=1S/C23H32ClFO3/c1-14-6-15-8-16(7-14)12-23(5,11-15)13-27-20-10-19(25)17(9-18(20)24)21(26)28-22(2,3)4/h9-10,14-16H,6-8,11-13H2,1-5H3. The summed E-state index contributed by atoms with van der Waals surface area (Å²) in [6.45, 7) is 10.3. The SMILES string of the molecule is CC1CC2CC(C1)CC(C)(COc1cc(F)c(C(=O)OC(C)(C)C)cc1Cl)C2. The summed E-state index contributed by atoms with van der Waals surface area (Å²) < 4.78 is 25.7. The summed E-state index contributed by atoms with van der Waals surface area (Å²) in [4.78, 5) is 12.2. The van der Waals surface area contributed by atoms with Crippen LogP contribution in [0.25, 0.3) is 0 Å². The lowest BCUT2D eigenvalue weighted by atomic mass is 9.60. The molecule has 0 aromatic heterocycles. The van der Waals surface area contributed by atoms with E-state index in [2.05, 4.69) is 13.8 Å². The zero-order valence-electron chi connectivity index (χ0n) is 17.6. The lowest BCUT2D eigenvalue weighted by Crippen LogP contribution is -2.39. The highest BCUT2D eigenvalue weighted by Gasteiger charge is 2.41. The minimum Gasteiger partial charge on any atom is -0.491 e. The Morgan fingerprint density at radius 1 is 1.21 bits per heavy atom. The van der Waals surface area contributed by atoms with Crippen molar-refractivity contribution >= 4 is 17.6 Å². The van der Waals surface area contributed by atoms with Crippen molar-refractivity contribution in [3.8, 4) is 5.75 Å². The van der Waals surface area contributed by atoms with Crippen molar-refractivity contribution in [2.75, 3.05) is 6.61 Å². The number of hydrogen-bond donors (Lipinski definition) is 0. The van der Waals surface area contributed by atoms with Gasteiger partial charge in [0.05, 0.1) is 17.2 Å². The Hall–Kier alpha value is -1.29. The number of fused-ring (bicyclic) bond motifs is 2. The lowest BCUT2D eigenvalue weighted by molar-refractivity contribution is 0.00631. The quantitative estimate of drug-likeness (QED) is 0.520. The van der Waals surface area contributed by atoms with E-state index in [0.717, 1.165) is 30.6 Å². The molecule has 0 radical (unpaired) electrons. The number of rotatable bonds is 4. The summed E-state index contributed by atoms with van der Waals surface area (Å²) in [5.41, 5.74) is -0.784. The molecule has 1 aromatic carbocycles. The summed E-state index contributed by atoms with van der Waals surface area (Å²) in [6, 6.07) is 2.51. The molecular weight excluding hydrogens is 379 g/mol. The average molecular weight is 411 g/mol. The molecule has 2 saturated carbocycles. The topological polar surface area (TPSA) is 35.5 Å². The highest BCUT2D eigenvalue weighted by atomic mass is 35.5. The van der Waals surface area contributed by atoms with Crippen LogP contribution >= 0.6 is 11.6 Å². The van der Waals surface area contributed by atoms with Crippen LogP contribution < -0.4 is 4.74 Å². The molecule has 2 bridgehead atoms. The van der Waals surface area contributed by atoms with Crippen molar-refractivity contribution in [2.45, 2.75) is 72.3 Å². The zero-order valence-corrected chi connectivity index (χ0v) is 18.4. The maximum absolute atomic E-state index is 14.5. The number of ether oxygens (including phenoxy) is 2. The Labute approximate surface area is 172 Å². The Balaban J connectivity index is 1.68. The van der Waals surface area contributed by atoms with Gasteiger partial charge in [-0.05, 0) is 76.7 Å². The molecule has 156 valence electrons. The van der Waals surface area contributed by atoms with E-state index in [0.29, 0.717) is 6.61 Å². The molecule has 3 nitrogen and oxygen atoms in total. The first-order valence-electron chi connectivity index (χ1n) is 10.3. The molecule has 28 heavy (non-hydrogen) atoms. The summed E-state index contributed by atoms with van der Waals surface area (Å²) in [7, 11) is 0. The van der Waals surface area contributed by atoms with E-state index in [-0.39, 0.29) is 21.8 Å². The maximum atomic E-state index is 14.5. The van der Waals surface area contributed by atoms with Crippen molar-refractivity contribution in [1.82, 2.24) is 0 Å². The number of halogens is 2. The smallest absolute Gasteiger partial charge is 0.341 e. The molecule has 2 atom stereocenters. The zero-order chi connectivity index (χ0) is 20.7. The molecule has 3 rings (SSSR count). The van der Waals surface area contributed by atoms with Gasteiger partial charge in [0, 0.05) is 11.5 Å². The Morgan fingerprint density at radius 3 is 2.39 bits per heavy atom. The van der Waals surface area contributed by atoms with Gasteiger partial charge in [0.1, 0.15) is 17.2 Å². The molecule has 1 aromatic rings. The molecule has 2 aliphatic carbocycles. The van der Waals surface area contributed by atoms with Gasteiger partial charge in [-0.3, -0.25) is 0 Å². The van der Waals surface area contributed by atoms with E-state index in [9.17, 15) is 9.18 Å². The second kappa shape index (κ2) is 7.85. The van der Waals surface area contributed by atoms with E-state index in [1.165, 1.54) is 31.4 Å². The molecule has 5 heteroatoms. The van der Waals surface area contributed by atoms with Crippen LogP contribution in [-0.2, 0) is 4.74 Å². The largest absolute Gasteiger partial charge is 0.491 e. The van der Waals surface area contributed by atoms with E-state index < -0.39 is 17.4 Å². The molecule has 0 aliphatic heterocycles. The predicted octanol–water partition coefficient (Wildman–Crippen LogP) is 6.67. The molecule has 0 amide bonds. The van der Waals surface area contributed by atoms with Crippen molar-refractivity contribution in [2.24, 2.45) is 23.2 Å². The lowest BCUT2D eigenvalue weighted by Gasteiger charge is -2.47. The van der Waals surface area contributed by atoms with Gasteiger partial charge in [0.2, 0.25) is 0 Å². The summed E-state index contributed by atoms with van der Waals surface area (Å²) in [6.07, 6.45) is 6.21. The van der Waals surface area contributed by atoms with Crippen molar-refractivity contribution in [3.05, 3.63) is 28.5 Å². The van der Waals surface area contributed by atoms with Crippen LogP contribution in [0.2, 0.25) is 5.02 Å². The minimum atomic E-state index is -0.723. The number of benzene rings is 1. The highest BCUT2D eigenvalue weighted by Crippen LogP contribution is 2.50. The summed E-state index contributed by atoms with van der Waals surface area (Å²) in [5.74, 6) is 1.23. The fraction of sp³-hybridized carbons (Fsp3) is 0.696. The van der Waals surface area contributed by atoms with Gasteiger partial charge in [-0.2, -0.15) is 0 Å². The molecule has 0 N–H and O–H groups in total. The predicted molar refractivity (Wildman–Crippen MR) is 109 cm³/mol. The summed E-state index contributed by atoms with van der Waals surface area (Å²) in [5, 5.41) is 0.232. The van der Waals surface area contributed by atoms with Crippen LogP contribution in [0.4, 0.5) is 4.39 Å². The van der Waals surface area contributed by atoms with Gasteiger partial charge in [-0.25, -0.2) is 9.18 Å². The number of carbonyl (C=O) groups excluding carboxylic acids is 1. The number of carbonyl (C=O) groups is 1. The van der Waals surface area contributed by atoms with Crippen LogP contribution in [0.3, 0.4) is 0 Å². The molecule has 2 unspecified atom stereocenters. The van der Waals surface area contributed by atoms with E-state index in [4.69, 9.17) is 21.1 Å². The third-order valence-electron chi connectivity index (χ3n) is 5.92. The maximum Gasteiger partial charge on any atom is 0.341 e. The van der Waals surface area contributed by atoms with Crippen molar-refractivity contribution in [1.29, 1.82) is 0 Å². The molecular formula is C23H32ClFO3. The average Bonchev–Trinajstić information content (AvgIpc) is 2.52. The fourth-order valence-electron chi connectivity index (χ4n) is 5.21. The van der Waals surface area contributed by atoms with Crippen molar-refractivity contribution < 1.29 is 18.7 Å². The molecule has 2 fully saturated rings. The van der Waals surface area contributed by atoms with Gasteiger partial charge in [0.25, 0.3) is 0 Å². The molecule has 0 spiro atoms. The van der Waals surface area contributed by atoms with E-state index in [1.54, 1.807) is 20.8 Å². The third-order valence-corrected chi connectivity index (χ3v) is 6.21. The van der Waals surface area contributed by atoms with Crippen LogP contribution in [0.15, 0.2) is 12.1 Å². The second-order valence-electron chi connectivity index (χ2n) is 10.3. The molecule has 0 saturated heterocycles. The van der Waals surface area contributed by atoms with E-state index in [1.807, 2.05) is 0 Å². The number of esters is 1. The van der Waals surface area contributed by atoms with Crippen molar-refractivity contribution in [3.63, 3.8) is 0 Å². The highest BCUT2D eigenvalue weighted by molar-refractivity contribution is 6.32. The van der Waals surface area contributed by atoms with Crippen LogP contribution in [0.5, 0.6) is 5.75 Å². The normalized spacial score (nSPS) is 30.0. The van der Waals surface area contributed by atoms with Gasteiger partial charge in [-0.1, -0.05) is 25.4 Å². The number of hydrogen-bond acceptors (Lipinski definition) is 3. The van der Waals surface area contributed by atoms with Gasteiger partial charge >= 0.3 is 5.97 Å². The Kier molecular flexibility index (Phi) is 6.01. The molecule has 2 aliphatic rings. The first-order valence-corrected chi connectivity index (χ1v) is 10.7. The Bertz CT molecular complexity index is 722.